The van der Waals surface area contributed by atoms with Gasteiger partial charge in [0.25, 0.3) is 0 Å². The highest BCUT2D eigenvalue weighted by molar-refractivity contribution is 5.82. The monoisotopic (exact) mass is 252 g/mol. The van der Waals surface area contributed by atoms with Crippen LogP contribution in [0.3, 0.4) is 0 Å². The number of hydrogen-bond acceptors (Lipinski definition) is 2. The predicted octanol–water partition coefficient (Wildman–Crippen LogP) is 4.46. The Kier molecular flexibility index (Phi) is 7.95. The van der Waals surface area contributed by atoms with Crippen LogP contribution >= 0.6 is 0 Å². The molecule has 0 bridgehead atoms. The van der Waals surface area contributed by atoms with Crippen LogP contribution in [-0.2, 0) is 9.59 Å². The number of rotatable bonds is 0. The van der Waals surface area contributed by atoms with E-state index in [0.29, 0.717) is 18.0 Å². The van der Waals surface area contributed by atoms with Gasteiger partial charge in [0, 0.05) is 25.2 Å². The van der Waals surface area contributed by atoms with Crippen molar-refractivity contribution in [3.05, 3.63) is 0 Å². The molecule has 0 aromatic heterocycles. The highest BCUT2D eigenvalue weighted by Crippen LogP contribution is 2.16. The second-order valence-electron chi connectivity index (χ2n) is 5.77. The lowest BCUT2D eigenvalue weighted by Crippen LogP contribution is -2.12. The lowest BCUT2D eigenvalue weighted by molar-refractivity contribution is -0.123. The Morgan fingerprint density at radius 2 is 1.22 bits per heavy atom. The topological polar surface area (TPSA) is 34.1 Å². The van der Waals surface area contributed by atoms with Crippen LogP contribution in [0.1, 0.15) is 84.0 Å². The third kappa shape index (κ3) is 6.93. The fourth-order valence-corrected chi connectivity index (χ4v) is 2.59. The maximum Gasteiger partial charge on any atom is 0.135 e. The van der Waals surface area contributed by atoms with Crippen LogP contribution in [0.25, 0.3) is 0 Å². The number of ketones is 2. The molecule has 1 saturated carbocycles. The van der Waals surface area contributed by atoms with E-state index in [-0.39, 0.29) is 5.92 Å². The molecular formula is C16H28O2. The number of carbonyl (C=O) groups is 2. The molecule has 2 nitrogen and oxygen atoms in total. The predicted molar refractivity (Wildman–Crippen MR) is 74.6 cm³/mol. The summed E-state index contributed by atoms with van der Waals surface area (Å²) < 4.78 is 0. The lowest BCUT2D eigenvalue weighted by Gasteiger charge is -2.09. The Hall–Kier alpha value is -0.660. The second kappa shape index (κ2) is 9.29. The minimum Gasteiger partial charge on any atom is -0.300 e. The van der Waals surface area contributed by atoms with Crippen molar-refractivity contribution in [2.24, 2.45) is 5.92 Å². The van der Waals surface area contributed by atoms with Crippen molar-refractivity contribution >= 4 is 11.6 Å². The molecule has 0 saturated heterocycles. The number of hydrogen-bond donors (Lipinski definition) is 0. The van der Waals surface area contributed by atoms with E-state index in [2.05, 4.69) is 0 Å². The van der Waals surface area contributed by atoms with Gasteiger partial charge in [-0.2, -0.15) is 0 Å². The first-order chi connectivity index (χ1) is 8.70. The summed E-state index contributed by atoms with van der Waals surface area (Å²) in [5, 5.41) is 0. The summed E-state index contributed by atoms with van der Waals surface area (Å²) in [7, 11) is 0. The van der Waals surface area contributed by atoms with Crippen molar-refractivity contribution in [2.75, 3.05) is 0 Å². The first kappa shape index (κ1) is 15.4. The number of Topliss-reactive ketones (excluding diaryl/α,β-unsaturated/α-hetero) is 2. The fourth-order valence-electron chi connectivity index (χ4n) is 2.59. The van der Waals surface area contributed by atoms with Crippen LogP contribution in [0.15, 0.2) is 0 Å². The summed E-state index contributed by atoms with van der Waals surface area (Å²) in [6.07, 6.45) is 12.4. The van der Waals surface area contributed by atoms with E-state index in [9.17, 15) is 9.59 Å². The summed E-state index contributed by atoms with van der Waals surface area (Å²) >= 11 is 0. The van der Waals surface area contributed by atoms with Gasteiger partial charge in [-0.15, -0.1) is 0 Å². The zero-order valence-electron chi connectivity index (χ0n) is 11.9. The Morgan fingerprint density at radius 1 is 0.722 bits per heavy atom. The van der Waals surface area contributed by atoms with Crippen molar-refractivity contribution in [1.82, 2.24) is 0 Å². The first-order valence-corrected chi connectivity index (χ1v) is 7.74. The largest absolute Gasteiger partial charge is 0.300 e. The van der Waals surface area contributed by atoms with Gasteiger partial charge in [0.15, 0.2) is 0 Å². The van der Waals surface area contributed by atoms with E-state index >= 15 is 0 Å². The van der Waals surface area contributed by atoms with Gasteiger partial charge in [0.05, 0.1) is 0 Å². The fraction of sp³-hybridized carbons (Fsp3) is 0.875. The van der Waals surface area contributed by atoms with Crippen LogP contribution in [0.5, 0.6) is 0 Å². The Balaban J connectivity index is 2.36. The highest BCUT2D eigenvalue weighted by Gasteiger charge is 2.14. The number of carbonyl (C=O) groups excluding carboxylic acids is 2. The van der Waals surface area contributed by atoms with E-state index in [1.165, 1.54) is 38.5 Å². The maximum absolute atomic E-state index is 11.8. The molecule has 1 fully saturated rings. The van der Waals surface area contributed by atoms with Gasteiger partial charge in [0.2, 0.25) is 0 Å². The highest BCUT2D eigenvalue weighted by atomic mass is 16.1. The van der Waals surface area contributed by atoms with Crippen molar-refractivity contribution in [3.8, 4) is 0 Å². The van der Waals surface area contributed by atoms with Gasteiger partial charge in [-0.25, -0.2) is 0 Å². The molecule has 0 N–H and O–H groups in total. The van der Waals surface area contributed by atoms with Gasteiger partial charge < -0.3 is 0 Å². The molecule has 18 heavy (non-hydrogen) atoms. The van der Waals surface area contributed by atoms with Crippen LogP contribution in [0.2, 0.25) is 0 Å². The average molecular weight is 252 g/mol. The molecule has 1 aliphatic rings. The minimum atomic E-state index is 0.0825. The van der Waals surface area contributed by atoms with Gasteiger partial charge in [-0.05, 0) is 19.3 Å². The molecule has 0 aliphatic heterocycles. The van der Waals surface area contributed by atoms with Gasteiger partial charge in [0.1, 0.15) is 11.6 Å². The third-order valence-electron chi connectivity index (χ3n) is 4.03. The maximum atomic E-state index is 11.8. The van der Waals surface area contributed by atoms with Crippen LogP contribution in [0.4, 0.5) is 0 Å². The Bertz CT molecular complexity index is 258. The molecule has 2 heteroatoms. The Labute approximate surface area is 112 Å². The summed E-state index contributed by atoms with van der Waals surface area (Å²) in [4.78, 5) is 23.5. The third-order valence-corrected chi connectivity index (χ3v) is 4.03. The van der Waals surface area contributed by atoms with Crippen LogP contribution in [0, 0.1) is 5.92 Å². The molecule has 0 radical (unpaired) electrons. The van der Waals surface area contributed by atoms with Crippen LogP contribution in [-0.4, -0.2) is 11.6 Å². The molecule has 1 aliphatic carbocycles. The minimum absolute atomic E-state index is 0.0825. The normalized spacial score (nSPS) is 26.4. The Morgan fingerprint density at radius 3 is 1.83 bits per heavy atom. The molecule has 0 aromatic carbocycles. The van der Waals surface area contributed by atoms with E-state index in [1.54, 1.807) is 0 Å². The zero-order valence-corrected chi connectivity index (χ0v) is 11.9. The van der Waals surface area contributed by atoms with Crippen molar-refractivity contribution in [3.63, 3.8) is 0 Å². The lowest BCUT2D eigenvalue weighted by atomic mass is 9.94. The van der Waals surface area contributed by atoms with Crippen molar-refractivity contribution in [1.29, 1.82) is 0 Å². The van der Waals surface area contributed by atoms with Crippen molar-refractivity contribution in [2.45, 2.75) is 84.0 Å². The smallest absolute Gasteiger partial charge is 0.135 e. The van der Waals surface area contributed by atoms with Crippen LogP contribution < -0.4 is 0 Å². The summed E-state index contributed by atoms with van der Waals surface area (Å²) in [5.74, 6) is 0.793. The summed E-state index contributed by atoms with van der Waals surface area (Å²) in [6.45, 7) is 1.98. The van der Waals surface area contributed by atoms with E-state index in [0.717, 1.165) is 32.1 Å². The molecule has 0 heterocycles. The average Bonchev–Trinajstić information content (AvgIpc) is 2.37. The second-order valence-corrected chi connectivity index (χ2v) is 5.77. The molecule has 1 atom stereocenters. The standard InChI is InChI=1S/C16H28O2/c1-14-12-13-15(17)10-8-6-4-2-3-5-7-9-11-16(14)18/h14H,2-13H2,1H3. The summed E-state index contributed by atoms with van der Waals surface area (Å²) in [5.41, 5.74) is 0. The van der Waals surface area contributed by atoms with E-state index in [1.807, 2.05) is 6.92 Å². The SMILES string of the molecule is CC1CCC(=O)CCCCCCCCCCC1=O. The first-order valence-electron chi connectivity index (χ1n) is 7.74. The van der Waals surface area contributed by atoms with Crippen molar-refractivity contribution < 1.29 is 9.59 Å². The molecule has 0 aromatic rings. The van der Waals surface area contributed by atoms with Gasteiger partial charge in [-0.3, -0.25) is 9.59 Å². The molecule has 104 valence electrons. The van der Waals surface area contributed by atoms with E-state index in [4.69, 9.17) is 0 Å². The zero-order chi connectivity index (χ0) is 13.2. The van der Waals surface area contributed by atoms with Gasteiger partial charge >= 0.3 is 0 Å². The quantitative estimate of drug-likeness (QED) is 0.638. The molecule has 1 rings (SSSR count). The molecule has 0 amide bonds. The molecule has 1 unspecified atom stereocenters. The molecular weight excluding hydrogens is 224 g/mol. The summed E-state index contributed by atoms with van der Waals surface area (Å²) in [6, 6.07) is 0. The van der Waals surface area contributed by atoms with Gasteiger partial charge in [-0.1, -0.05) is 45.4 Å². The molecule has 0 spiro atoms. The van der Waals surface area contributed by atoms with E-state index < -0.39 is 0 Å².